The Bertz CT molecular complexity index is 1020. The summed E-state index contributed by atoms with van der Waals surface area (Å²) in [6.07, 6.45) is -4.64. The second-order valence-electron chi connectivity index (χ2n) is 10.9. The highest BCUT2D eigenvalue weighted by molar-refractivity contribution is 5.90. The Balaban J connectivity index is 1.17. The molecule has 0 aromatic heterocycles. The summed E-state index contributed by atoms with van der Waals surface area (Å²) in [5.41, 5.74) is 0.660. The fourth-order valence-corrected chi connectivity index (χ4v) is 6.76. The lowest BCUT2D eigenvalue weighted by molar-refractivity contribution is -0.344. The van der Waals surface area contributed by atoms with Crippen LogP contribution in [-0.2, 0) is 38.0 Å². The molecule has 12 heteroatoms. The van der Waals surface area contributed by atoms with Gasteiger partial charge in [-0.1, -0.05) is 5.57 Å². The number of aliphatic hydroxyl groups excluding tert-OH is 4. The molecule has 0 amide bonds. The standard InChI is InChI=1S/C25H32O12/c1-9(10-3-4-11-13(10)8-33-22(11)31)21(30)35-19-12-5-6-32-23(15(12)25(2)20(19)37-25)36-24-18(29)17(28)16(27)14(7-26)34-24/h5-6,11-20,23-24,26-29H,3-4,7-8H2,1-2H3/b10-9+/t11-,12-,13+,14-,15-,16-,17+,18-,19+,20+,23+,24+,25-/m1/s1. The molecule has 2 aliphatic carbocycles. The van der Waals surface area contributed by atoms with Crippen molar-refractivity contribution in [2.45, 2.75) is 81.5 Å². The van der Waals surface area contributed by atoms with Crippen LogP contribution in [-0.4, -0.2) is 100 Å². The first-order valence-electron chi connectivity index (χ1n) is 12.7. The number of aliphatic hydroxyl groups is 4. The van der Waals surface area contributed by atoms with E-state index in [2.05, 4.69) is 0 Å². The van der Waals surface area contributed by atoms with Crippen LogP contribution in [0.4, 0.5) is 0 Å². The second-order valence-corrected chi connectivity index (χ2v) is 10.9. The molecule has 0 bridgehead atoms. The summed E-state index contributed by atoms with van der Waals surface area (Å²) >= 11 is 0. The number of hydrogen-bond donors (Lipinski definition) is 4. The van der Waals surface area contributed by atoms with Crippen molar-refractivity contribution in [2.75, 3.05) is 13.2 Å². The van der Waals surface area contributed by atoms with Gasteiger partial charge in [0.15, 0.2) is 6.29 Å². The zero-order valence-electron chi connectivity index (χ0n) is 20.5. The number of epoxide rings is 1. The lowest BCUT2D eigenvalue weighted by Gasteiger charge is -2.43. The van der Waals surface area contributed by atoms with Crippen LogP contribution in [0.5, 0.6) is 0 Å². The van der Waals surface area contributed by atoms with Crippen molar-refractivity contribution < 1.29 is 58.4 Å². The Morgan fingerprint density at radius 3 is 2.70 bits per heavy atom. The molecular weight excluding hydrogens is 492 g/mol. The van der Waals surface area contributed by atoms with E-state index in [9.17, 15) is 30.0 Å². The van der Waals surface area contributed by atoms with Gasteiger partial charge < -0.3 is 48.8 Å². The molecule has 0 radical (unpaired) electrons. The van der Waals surface area contributed by atoms with Gasteiger partial charge in [0.25, 0.3) is 0 Å². The molecule has 4 heterocycles. The minimum Gasteiger partial charge on any atom is -0.472 e. The molecular formula is C25H32O12. The summed E-state index contributed by atoms with van der Waals surface area (Å²) in [7, 11) is 0. The van der Waals surface area contributed by atoms with Gasteiger partial charge in [-0.05, 0) is 32.8 Å². The summed E-state index contributed by atoms with van der Waals surface area (Å²) in [5.74, 6) is -1.70. The van der Waals surface area contributed by atoms with Crippen molar-refractivity contribution in [3.63, 3.8) is 0 Å². The van der Waals surface area contributed by atoms with Gasteiger partial charge in [0.1, 0.15) is 42.2 Å². The number of ether oxygens (including phenoxy) is 6. The van der Waals surface area contributed by atoms with E-state index >= 15 is 0 Å². The van der Waals surface area contributed by atoms with E-state index in [1.807, 2.05) is 6.92 Å². The molecule has 204 valence electrons. The number of fused-ring (bicyclic) bond motifs is 4. The average molecular weight is 525 g/mol. The van der Waals surface area contributed by atoms with Crippen molar-refractivity contribution in [3.05, 3.63) is 23.5 Å². The number of carbonyl (C=O) groups excluding carboxylic acids is 2. The Kier molecular flexibility index (Phi) is 6.14. The van der Waals surface area contributed by atoms with Crippen LogP contribution >= 0.6 is 0 Å². The molecule has 0 aromatic carbocycles. The molecule has 13 atom stereocenters. The van der Waals surface area contributed by atoms with E-state index < -0.39 is 73.3 Å². The number of cyclic esters (lactones) is 1. The topological polar surface area (TPSA) is 174 Å². The van der Waals surface area contributed by atoms with E-state index in [1.165, 1.54) is 6.26 Å². The maximum Gasteiger partial charge on any atom is 0.334 e. The molecule has 37 heavy (non-hydrogen) atoms. The quantitative estimate of drug-likeness (QED) is 0.194. The summed E-state index contributed by atoms with van der Waals surface area (Å²) in [6.45, 7) is 3.29. The van der Waals surface area contributed by atoms with E-state index in [-0.39, 0.29) is 23.7 Å². The number of rotatable bonds is 5. The highest BCUT2D eigenvalue weighted by atomic mass is 16.8. The summed E-state index contributed by atoms with van der Waals surface area (Å²) < 4.78 is 34.2. The average Bonchev–Trinajstić information content (AvgIpc) is 3.15. The van der Waals surface area contributed by atoms with E-state index in [1.54, 1.807) is 13.0 Å². The number of hydrogen-bond acceptors (Lipinski definition) is 12. The molecule has 6 rings (SSSR count). The van der Waals surface area contributed by atoms with E-state index in [0.29, 0.717) is 25.0 Å². The predicted octanol–water partition coefficient (Wildman–Crippen LogP) is -1.11. The van der Waals surface area contributed by atoms with Gasteiger partial charge in [0.05, 0.1) is 31.3 Å². The predicted molar refractivity (Wildman–Crippen MR) is 119 cm³/mol. The zero-order valence-corrected chi connectivity index (χ0v) is 20.5. The van der Waals surface area contributed by atoms with Gasteiger partial charge in [0, 0.05) is 17.4 Å². The molecule has 4 aliphatic heterocycles. The molecule has 0 aromatic rings. The maximum atomic E-state index is 13.2. The molecule has 6 aliphatic rings. The summed E-state index contributed by atoms with van der Waals surface area (Å²) in [6, 6.07) is 0. The SMILES string of the molecule is C/C(C(=O)O[C@H]1[C@@H]2C=CO[C@@H](O[C@@H]3O[C@H](CO)[C@@H](O)[C@H](O)[C@H]3O)[C@@H]2[C@@]2(C)O[C@@H]12)=C1/CC[C@H]2C(=O)OC[C@@H]12. The molecule has 3 saturated heterocycles. The van der Waals surface area contributed by atoms with Gasteiger partial charge in [-0.15, -0.1) is 0 Å². The summed E-state index contributed by atoms with van der Waals surface area (Å²) in [4.78, 5) is 25.1. The molecule has 0 spiro atoms. The largest absolute Gasteiger partial charge is 0.472 e. The minimum absolute atomic E-state index is 0.0851. The molecule has 4 N–H and O–H groups in total. The van der Waals surface area contributed by atoms with Crippen molar-refractivity contribution >= 4 is 11.9 Å². The number of esters is 2. The smallest absolute Gasteiger partial charge is 0.334 e. The molecule has 0 unspecified atom stereocenters. The Labute approximate surface area is 212 Å². The second kappa shape index (κ2) is 9.01. The van der Waals surface area contributed by atoms with Crippen molar-refractivity contribution in [1.29, 1.82) is 0 Å². The number of carbonyl (C=O) groups is 2. The van der Waals surface area contributed by atoms with Crippen LogP contribution in [0.25, 0.3) is 0 Å². The Morgan fingerprint density at radius 1 is 1.16 bits per heavy atom. The lowest BCUT2D eigenvalue weighted by atomic mass is 9.86. The van der Waals surface area contributed by atoms with Gasteiger partial charge >= 0.3 is 11.9 Å². The third kappa shape index (κ3) is 3.84. The first-order chi connectivity index (χ1) is 17.7. The van der Waals surface area contributed by atoms with Gasteiger partial charge in [-0.2, -0.15) is 0 Å². The van der Waals surface area contributed by atoms with Crippen LogP contribution in [0, 0.1) is 23.7 Å². The summed E-state index contributed by atoms with van der Waals surface area (Å²) in [5, 5.41) is 40.0. The van der Waals surface area contributed by atoms with Crippen molar-refractivity contribution in [3.8, 4) is 0 Å². The third-order valence-electron chi connectivity index (χ3n) is 8.96. The van der Waals surface area contributed by atoms with Gasteiger partial charge in [-0.25, -0.2) is 4.79 Å². The Morgan fingerprint density at radius 2 is 1.95 bits per heavy atom. The van der Waals surface area contributed by atoms with E-state index in [0.717, 1.165) is 5.57 Å². The zero-order chi connectivity index (χ0) is 26.2. The lowest BCUT2D eigenvalue weighted by Crippen LogP contribution is -2.60. The van der Waals surface area contributed by atoms with Crippen LogP contribution < -0.4 is 0 Å². The van der Waals surface area contributed by atoms with E-state index in [4.69, 9.17) is 28.4 Å². The Hall–Kier alpha value is -2.06. The molecule has 5 fully saturated rings. The molecule has 12 nitrogen and oxygen atoms in total. The first-order valence-corrected chi connectivity index (χ1v) is 12.7. The highest BCUT2D eigenvalue weighted by Gasteiger charge is 2.75. The normalized spacial score (nSPS) is 51.0. The van der Waals surface area contributed by atoms with Crippen LogP contribution in [0.15, 0.2) is 23.5 Å². The van der Waals surface area contributed by atoms with Gasteiger partial charge in [0.2, 0.25) is 6.29 Å². The third-order valence-corrected chi connectivity index (χ3v) is 8.96. The maximum absolute atomic E-state index is 13.2. The van der Waals surface area contributed by atoms with Crippen molar-refractivity contribution in [1.82, 2.24) is 0 Å². The monoisotopic (exact) mass is 524 g/mol. The fourth-order valence-electron chi connectivity index (χ4n) is 6.76. The van der Waals surface area contributed by atoms with Gasteiger partial charge in [-0.3, -0.25) is 4.79 Å². The minimum atomic E-state index is -1.59. The molecule has 2 saturated carbocycles. The van der Waals surface area contributed by atoms with Crippen LogP contribution in [0.1, 0.15) is 26.7 Å². The van der Waals surface area contributed by atoms with Crippen molar-refractivity contribution in [2.24, 2.45) is 23.7 Å². The van der Waals surface area contributed by atoms with Crippen LogP contribution in [0.2, 0.25) is 0 Å². The fraction of sp³-hybridized carbons (Fsp3) is 0.760. The highest BCUT2D eigenvalue weighted by Crippen LogP contribution is 2.60. The first kappa shape index (κ1) is 25.2. The van der Waals surface area contributed by atoms with Crippen LogP contribution in [0.3, 0.4) is 0 Å².